The average molecular weight is 436 g/mol. The molecule has 0 unspecified atom stereocenters. The molecule has 1 aliphatic carbocycles. The highest BCUT2D eigenvalue weighted by molar-refractivity contribution is 7.89. The number of hydrogen-bond acceptors (Lipinski definition) is 4. The van der Waals surface area contributed by atoms with Crippen molar-refractivity contribution in [1.82, 2.24) is 14.5 Å². The molecular formula is C22H33N3O4S. The molecule has 0 bridgehead atoms. The van der Waals surface area contributed by atoms with Gasteiger partial charge in [0.05, 0.1) is 11.4 Å². The van der Waals surface area contributed by atoms with Gasteiger partial charge in [0.2, 0.25) is 21.8 Å². The minimum atomic E-state index is -3.64. The molecule has 1 aromatic rings. The van der Waals surface area contributed by atoms with Gasteiger partial charge in [-0.2, -0.15) is 4.31 Å². The summed E-state index contributed by atoms with van der Waals surface area (Å²) in [6, 6.07) is 0. The van der Waals surface area contributed by atoms with E-state index in [1.54, 1.807) is 4.90 Å². The molecule has 0 aromatic heterocycles. The topological polar surface area (TPSA) is 86.8 Å². The molecule has 2 amide bonds. The van der Waals surface area contributed by atoms with Crippen molar-refractivity contribution in [3.05, 3.63) is 27.8 Å². The van der Waals surface area contributed by atoms with Crippen molar-refractivity contribution < 1.29 is 18.0 Å². The zero-order valence-corrected chi connectivity index (χ0v) is 19.6. The van der Waals surface area contributed by atoms with Crippen LogP contribution in [0.2, 0.25) is 0 Å². The number of sulfonamides is 1. The Bertz CT molecular complexity index is 950. The van der Waals surface area contributed by atoms with E-state index in [9.17, 15) is 18.0 Å². The predicted molar refractivity (Wildman–Crippen MR) is 116 cm³/mol. The van der Waals surface area contributed by atoms with Gasteiger partial charge in [-0.1, -0.05) is 6.92 Å². The van der Waals surface area contributed by atoms with Gasteiger partial charge in [0.15, 0.2) is 0 Å². The summed E-state index contributed by atoms with van der Waals surface area (Å²) in [6.07, 6.45) is 0.882. The van der Waals surface area contributed by atoms with Crippen molar-refractivity contribution in [3.8, 4) is 0 Å². The Morgan fingerprint density at radius 3 is 1.83 bits per heavy atom. The third kappa shape index (κ3) is 4.12. The molecule has 2 atom stereocenters. The lowest BCUT2D eigenvalue weighted by atomic mass is 9.95. The van der Waals surface area contributed by atoms with Gasteiger partial charge >= 0.3 is 0 Å². The van der Waals surface area contributed by atoms with E-state index in [2.05, 4.69) is 5.32 Å². The molecule has 1 aliphatic heterocycles. The van der Waals surface area contributed by atoms with Crippen LogP contribution in [0.4, 0.5) is 0 Å². The summed E-state index contributed by atoms with van der Waals surface area (Å²) in [5.41, 5.74) is 4.73. The normalized spacial score (nSPS) is 22.1. The van der Waals surface area contributed by atoms with Gasteiger partial charge in [-0.05, 0) is 74.8 Å². The summed E-state index contributed by atoms with van der Waals surface area (Å²) < 4.78 is 28.3. The number of amides is 2. The minimum Gasteiger partial charge on any atom is -0.347 e. The zero-order valence-electron chi connectivity index (χ0n) is 18.8. The summed E-state index contributed by atoms with van der Waals surface area (Å²) in [6.45, 7) is 12.8. The van der Waals surface area contributed by atoms with Gasteiger partial charge in [0, 0.05) is 32.1 Å². The van der Waals surface area contributed by atoms with Gasteiger partial charge in [-0.25, -0.2) is 8.42 Å². The molecule has 1 heterocycles. The molecule has 1 aromatic carbocycles. The second-order valence-corrected chi connectivity index (χ2v) is 10.7. The van der Waals surface area contributed by atoms with E-state index in [1.165, 1.54) is 4.31 Å². The van der Waals surface area contributed by atoms with E-state index >= 15 is 0 Å². The molecule has 1 saturated heterocycles. The van der Waals surface area contributed by atoms with Gasteiger partial charge in [0.25, 0.3) is 0 Å². The lowest BCUT2D eigenvalue weighted by Gasteiger charge is -2.35. The fourth-order valence-corrected chi connectivity index (χ4v) is 6.23. The van der Waals surface area contributed by atoms with Crippen LogP contribution >= 0.6 is 0 Å². The summed E-state index contributed by atoms with van der Waals surface area (Å²) >= 11 is 0. The van der Waals surface area contributed by atoms with Crippen molar-refractivity contribution in [2.75, 3.05) is 32.7 Å². The largest absolute Gasteiger partial charge is 0.347 e. The van der Waals surface area contributed by atoms with Gasteiger partial charge in [-0.15, -0.1) is 0 Å². The van der Waals surface area contributed by atoms with E-state index in [0.717, 1.165) is 34.2 Å². The lowest BCUT2D eigenvalue weighted by Crippen LogP contribution is -2.52. The van der Waals surface area contributed by atoms with Crippen LogP contribution in [0.15, 0.2) is 4.90 Å². The first kappa shape index (κ1) is 22.7. The summed E-state index contributed by atoms with van der Waals surface area (Å²) in [7, 11) is -3.64. The number of nitrogens with one attached hydrogen (secondary N) is 1. The molecule has 3 rings (SSSR count). The predicted octanol–water partition coefficient (Wildman–Crippen LogP) is 1.83. The van der Waals surface area contributed by atoms with Crippen molar-refractivity contribution in [2.24, 2.45) is 11.8 Å². The van der Waals surface area contributed by atoms with Crippen molar-refractivity contribution in [1.29, 1.82) is 0 Å². The fraction of sp³-hybridized carbons (Fsp3) is 0.636. The van der Waals surface area contributed by atoms with Crippen molar-refractivity contribution >= 4 is 21.8 Å². The molecular weight excluding hydrogens is 402 g/mol. The Labute approximate surface area is 179 Å². The molecule has 1 saturated carbocycles. The quantitative estimate of drug-likeness (QED) is 0.765. The number of piperazine rings is 1. The summed E-state index contributed by atoms with van der Waals surface area (Å²) in [4.78, 5) is 26.4. The number of hydrogen-bond donors (Lipinski definition) is 1. The Morgan fingerprint density at radius 2 is 1.37 bits per heavy atom. The van der Waals surface area contributed by atoms with E-state index < -0.39 is 10.0 Å². The average Bonchev–Trinajstić information content (AvgIpc) is 3.45. The van der Waals surface area contributed by atoms with E-state index in [-0.39, 0.29) is 37.4 Å². The number of carbonyl (C=O) groups is 2. The first-order valence-electron chi connectivity index (χ1n) is 10.6. The van der Waals surface area contributed by atoms with Crippen LogP contribution in [0, 0.1) is 46.5 Å². The highest BCUT2D eigenvalue weighted by Gasteiger charge is 2.39. The van der Waals surface area contributed by atoms with Crippen LogP contribution in [0.5, 0.6) is 0 Å². The molecule has 1 N–H and O–H groups in total. The zero-order chi connectivity index (χ0) is 22.4. The molecule has 2 aliphatic rings. The molecule has 8 heteroatoms. The Hall–Kier alpha value is -1.93. The van der Waals surface area contributed by atoms with Crippen molar-refractivity contribution in [2.45, 2.75) is 52.9 Å². The van der Waals surface area contributed by atoms with Crippen LogP contribution in [0.3, 0.4) is 0 Å². The first-order chi connectivity index (χ1) is 14.0. The van der Waals surface area contributed by atoms with E-state index in [1.807, 2.05) is 41.5 Å². The second kappa shape index (κ2) is 8.30. The highest BCUT2D eigenvalue weighted by atomic mass is 32.2. The number of rotatable bonds is 5. The third-order valence-electron chi connectivity index (χ3n) is 6.98. The smallest absolute Gasteiger partial charge is 0.243 e. The highest BCUT2D eigenvalue weighted by Crippen LogP contribution is 2.37. The number of nitrogens with zero attached hydrogens (tertiary/aromatic N) is 2. The molecule has 7 nitrogen and oxygen atoms in total. The molecule has 0 radical (unpaired) electrons. The molecule has 0 spiro atoms. The second-order valence-electron chi connectivity index (χ2n) is 8.78. The van der Waals surface area contributed by atoms with Crippen LogP contribution in [-0.2, 0) is 19.6 Å². The van der Waals surface area contributed by atoms with E-state index in [4.69, 9.17) is 0 Å². The van der Waals surface area contributed by atoms with Crippen LogP contribution in [0.25, 0.3) is 0 Å². The maximum absolute atomic E-state index is 13.4. The molecule has 166 valence electrons. The Kier molecular flexibility index (Phi) is 6.30. The standard InChI is InChI=1S/C22H33N3O4S/c1-13-11-19(13)22(27)23-12-20(26)24-7-9-25(10-8-24)30(28,29)21-17(5)15(3)14(2)16(4)18(21)6/h13,19H,7-12H2,1-6H3,(H,23,27)/t13-,19+/m1/s1. The van der Waals surface area contributed by atoms with Crippen LogP contribution in [0.1, 0.15) is 41.2 Å². The lowest BCUT2D eigenvalue weighted by molar-refractivity contribution is -0.134. The maximum atomic E-state index is 13.4. The summed E-state index contributed by atoms with van der Waals surface area (Å²) in [5, 5.41) is 2.71. The van der Waals surface area contributed by atoms with Crippen LogP contribution < -0.4 is 5.32 Å². The SMILES string of the molecule is Cc1c(C)c(C)c(S(=O)(=O)N2CCN(C(=O)CNC(=O)[C@H]3C[C@H]3C)CC2)c(C)c1C. The molecule has 2 fully saturated rings. The third-order valence-corrected chi connectivity index (χ3v) is 9.15. The van der Waals surface area contributed by atoms with Crippen LogP contribution in [-0.4, -0.2) is 62.2 Å². The van der Waals surface area contributed by atoms with Crippen molar-refractivity contribution in [3.63, 3.8) is 0 Å². The Morgan fingerprint density at radius 1 is 0.900 bits per heavy atom. The molecule has 30 heavy (non-hydrogen) atoms. The monoisotopic (exact) mass is 435 g/mol. The number of carbonyl (C=O) groups excluding carboxylic acids is 2. The fourth-order valence-electron chi connectivity index (χ4n) is 4.25. The Balaban J connectivity index is 1.66. The maximum Gasteiger partial charge on any atom is 0.243 e. The minimum absolute atomic E-state index is 0.0244. The van der Waals surface area contributed by atoms with Gasteiger partial charge < -0.3 is 10.2 Å². The first-order valence-corrected chi connectivity index (χ1v) is 12.0. The van der Waals surface area contributed by atoms with E-state index in [0.29, 0.717) is 23.9 Å². The van der Waals surface area contributed by atoms with Gasteiger partial charge in [0.1, 0.15) is 0 Å². The van der Waals surface area contributed by atoms with Gasteiger partial charge in [-0.3, -0.25) is 9.59 Å². The summed E-state index contributed by atoms with van der Waals surface area (Å²) in [5.74, 6) is 0.207. The number of benzene rings is 1.